The molecule has 0 aliphatic carbocycles. The number of benzene rings is 6. The molecule has 21 nitrogen and oxygen atoms in total. The zero-order valence-corrected chi connectivity index (χ0v) is 38.6. The minimum absolute atomic E-state index is 0.0249. The number of rotatable bonds is 12. The molecule has 0 N–H and O–H groups in total. The molecule has 0 radical (unpaired) electrons. The van der Waals surface area contributed by atoms with Crippen molar-refractivity contribution in [3.05, 3.63) is 176 Å². The van der Waals surface area contributed by atoms with Gasteiger partial charge in [-0.2, -0.15) is 63.1 Å². The van der Waals surface area contributed by atoms with E-state index in [0.717, 1.165) is 9.21 Å². The van der Waals surface area contributed by atoms with Gasteiger partial charge in [0.25, 0.3) is 0 Å². The molecule has 24 heteroatoms. The highest BCUT2D eigenvalue weighted by molar-refractivity contribution is 7.78. The minimum atomic E-state index is -4.82. The molecule has 0 saturated carbocycles. The van der Waals surface area contributed by atoms with Crippen molar-refractivity contribution < 1.29 is 27.8 Å². The molecular weight excluding hydrogens is 976 g/mol. The van der Waals surface area contributed by atoms with Crippen LogP contribution >= 0.6 is 24.6 Å². The average Bonchev–Trinajstić information content (AvgIpc) is 3.42. The summed E-state index contributed by atoms with van der Waals surface area (Å²) in [6, 6.07) is 45.7. The molecule has 1 aliphatic heterocycles. The predicted octanol–water partition coefficient (Wildman–Crippen LogP) is 9.77. The Labute approximate surface area is 411 Å². The fourth-order valence-electron chi connectivity index (χ4n) is 6.07. The van der Waals surface area contributed by atoms with Crippen LogP contribution in [0.5, 0.6) is 34.5 Å². The molecule has 0 bridgehead atoms. The summed E-state index contributed by atoms with van der Waals surface area (Å²) in [7, 11) is -10.9. The molecule has 6 aromatic rings. The topological polar surface area (TPSA) is 360 Å². The summed E-state index contributed by atoms with van der Waals surface area (Å²) in [5.41, 5.74) is -1.20. The van der Waals surface area contributed by atoms with Crippen molar-refractivity contribution >= 4 is 24.6 Å². The highest BCUT2D eigenvalue weighted by Crippen LogP contribution is 2.78. The van der Waals surface area contributed by atoms with Gasteiger partial charge in [0.15, 0.2) is 0 Å². The SMILES string of the molecule is N#Cc1ccc(ON2P(Oc3ccc(C#N)c(C#N)c3)N=P(Oc3ccc(C#N)c(C#N)c3)(Oc3ccc(C#N)c(C#N)c3)N(Oc3ccc(C#N)c(C#N)c3)P2Oc2ccc(C#N)c(C#N)c2)cc1C#N. The zero-order chi connectivity index (χ0) is 51.4. The van der Waals surface area contributed by atoms with Crippen LogP contribution < -0.4 is 27.8 Å². The van der Waals surface area contributed by atoms with Gasteiger partial charge in [0, 0.05) is 21.3 Å². The van der Waals surface area contributed by atoms with Crippen LogP contribution in [0.2, 0.25) is 0 Å². The van der Waals surface area contributed by atoms with Crippen LogP contribution in [0.25, 0.3) is 0 Å². The first-order valence-corrected chi connectivity index (χ1v) is 23.5. The molecule has 2 unspecified atom stereocenters. The summed E-state index contributed by atoms with van der Waals surface area (Å²) in [5.74, 6) is -1.02. The molecule has 1 heterocycles. The Bertz CT molecular complexity index is 3780. The molecule has 6 aromatic carbocycles. The lowest BCUT2D eigenvalue weighted by Gasteiger charge is -2.43. The van der Waals surface area contributed by atoms with E-state index in [-0.39, 0.29) is 101 Å². The van der Waals surface area contributed by atoms with Gasteiger partial charge in [0.2, 0.25) is 0 Å². The first-order chi connectivity index (χ1) is 35.0. The van der Waals surface area contributed by atoms with E-state index < -0.39 is 24.6 Å². The van der Waals surface area contributed by atoms with Gasteiger partial charge in [-0.05, 0) is 97.1 Å². The van der Waals surface area contributed by atoms with Gasteiger partial charge in [0.05, 0.1) is 66.8 Å². The second-order valence-electron chi connectivity index (χ2n) is 13.7. The van der Waals surface area contributed by atoms with E-state index in [2.05, 4.69) is 0 Å². The van der Waals surface area contributed by atoms with Crippen molar-refractivity contribution in [1.82, 2.24) is 9.21 Å². The van der Waals surface area contributed by atoms with Crippen molar-refractivity contribution in [3.8, 4) is 107 Å². The Morgan fingerprint density at radius 1 is 0.333 bits per heavy atom. The van der Waals surface area contributed by atoms with Gasteiger partial charge < -0.3 is 27.8 Å². The quantitative estimate of drug-likeness (QED) is 0.103. The van der Waals surface area contributed by atoms with E-state index in [4.69, 9.17) is 32.3 Å². The number of nitriles is 12. The third-order valence-electron chi connectivity index (χ3n) is 9.43. The van der Waals surface area contributed by atoms with Crippen LogP contribution in [0.3, 0.4) is 0 Å². The first kappa shape index (κ1) is 48.9. The van der Waals surface area contributed by atoms with Gasteiger partial charge in [-0.1, -0.05) is 0 Å². The summed E-state index contributed by atoms with van der Waals surface area (Å²) < 4.78 is 33.8. The Balaban J connectivity index is 1.63. The maximum atomic E-state index is 10.1. The molecule has 336 valence electrons. The van der Waals surface area contributed by atoms with Crippen LogP contribution in [0.4, 0.5) is 0 Å². The maximum absolute atomic E-state index is 10.1. The summed E-state index contributed by atoms with van der Waals surface area (Å²) in [4.78, 5) is 13.2. The molecule has 7 rings (SSSR count). The summed E-state index contributed by atoms with van der Waals surface area (Å²) >= 11 is 0. The van der Waals surface area contributed by atoms with Gasteiger partial charge >= 0.3 is 24.6 Å². The molecule has 0 spiro atoms. The molecular formula is C48H18N15O6P3. The van der Waals surface area contributed by atoms with Gasteiger partial charge in [-0.25, -0.2) is 0 Å². The fourth-order valence-corrected chi connectivity index (χ4v) is 13.5. The van der Waals surface area contributed by atoms with E-state index in [9.17, 15) is 63.1 Å². The van der Waals surface area contributed by atoms with Gasteiger partial charge in [0.1, 0.15) is 107 Å². The van der Waals surface area contributed by atoms with Crippen molar-refractivity contribution in [1.29, 1.82) is 63.1 Å². The smallest absolute Gasteiger partial charge is 0.440 e. The second-order valence-corrected chi connectivity index (χ2v) is 19.2. The van der Waals surface area contributed by atoms with E-state index in [1.165, 1.54) is 109 Å². The number of hydrogen-bond donors (Lipinski definition) is 0. The standard InChI is InChI=1S/C48H18N15O6P3/c49-19-31-1-7-43(13-37(31)25-55)64-62-70(66-45-9-3-33(21-51)39(15-45)27-57)61-72(68-47-11-5-35(23-53)41(17-47)29-59,69-48-12-6-36(24-54)42(18-48)30-60)63(65-44-8-2-32(20-50)38(14-44)26-56)71(62)67-46-10-4-34(22-52)40(16-46)28-58/h1-18H. The lowest BCUT2D eigenvalue weighted by atomic mass is 10.1. The third-order valence-corrected chi connectivity index (χ3v) is 16.3. The van der Waals surface area contributed by atoms with Crippen molar-refractivity contribution in [2.24, 2.45) is 4.52 Å². The molecule has 2 atom stereocenters. The largest absolute Gasteiger partial charge is 0.447 e. The third kappa shape index (κ3) is 10.1. The highest BCUT2D eigenvalue weighted by Gasteiger charge is 2.58. The molecule has 1 aliphatic rings. The zero-order valence-electron chi connectivity index (χ0n) is 35.9. The Morgan fingerprint density at radius 2 is 0.611 bits per heavy atom. The Morgan fingerprint density at radius 3 is 0.958 bits per heavy atom. The van der Waals surface area contributed by atoms with Crippen LogP contribution in [0, 0.1) is 136 Å². The average molecular weight is 994 g/mol. The summed E-state index contributed by atoms with van der Waals surface area (Å²) in [6.07, 6.45) is 0. The summed E-state index contributed by atoms with van der Waals surface area (Å²) in [5, 5.41) is 119. The second kappa shape index (κ2) is 21.8. The summed E-state index contributed by atoms with van der Waals surface area (Å²) in [6.45, 7) is 0. The number of nitrogens with zero attached hydrogens (tertiary/aromatic N) is 15. The molecule has 72 heavy (non-hydrogen) atoms. The molecule has 0 saturated heterocycles. The predicted molar refractivity (Wildman–Crippen MR) is 246 cm³/mol. The Kier molecular flexibility index (Phi) is 14.8. The first-order valence-electron chi connectivity index (χ1n) is 19.6. The van der Waals surface area contributed by atoms with Crippen LogP contribution in [-0.2, 0) is 0 Å². The molecule has 0 fully saturated rings. The van der Waals surface area contributed by atoms with E-state index in [1.54, 1.807) is 0 Å². The fraction of sp³-hybridized carbons (Fsp3) is 0. The molecule has 0 amide bonds. The lowest BCUT2D eigenvalue weighted by Crippen LogP contribution is -2.37. The molecule has 0 aromatic heterocycles. The Hall–Kier alpha value is -11.0. The highest BCUT2D eigenvalue weighted by atomic mass is 31.3. The lowest BCUT2D eigenvalue weighted by molar-refractivity contribution is 0.0545. The van der Waals surface area contributed by atoms with Gasteiger partial charge in [-0.15, -0.1) is 4.52 Å². The van der Waals surface area contributed by atoms with Crippen molar-refractivity contribution in [2.75, 3.05) is 0 Å². The van der Waals surface area contributed by atoms with Crippen molar-refractivity contribution in [2.45, 2.75) is 0 Å². The van der Waals surface area contributed by atoms with E-state index in [0.29, 0.717) is 0 Å². The van der Waals surface area contributed by atoms with Crippen LogP contribution in [-0.4, -0.2) is 9.21 Å². The number of hydrogen-bond acceptors (Lipinski definition) is 21. The minimum Gasteiger partial charge on any atom is -0.440 e. The van der Waals surface area contributed by atoms with Crippen LogP contribution in [0.1, 0.15) is 66.8 Å². The van der Waals surface area contributed by atoms with E-state index in [1.807, 2.05) is 72.8 Å². The monoisotopic (exact) mass is 993 g/mol. The van der Waals surface area contributed by atoms with E-state index >= 15 is 0 Å². The van der Waals surface area contributed by atoms with Crippen LogP contribution in [0.15, 0.2) is 114 Å². The van der Waals surface area contributed by atoms with Gasteiger partial charge in [-0.3, -0.25) is 0 Å². The normalized spacial score (nSPS) is 14.1. The maximum Gasteiger partial charge on any atom is 0.447 e. The van der Waals surface area contributed by atoms with Crippen molar-refractivity contribution in [3.63, 3.8) is 0 Å².